The molecule has 10 atom stereocenters. The highest BCUT2D eigenvalue weighted by molar-refractivity contribution is 5.67. The molecule has 0 amide bonds. The zero-order valence-electron chi connectivity index (χ0n) is 27.1. The molecule has 1 heterocycles. The Balaban J connectivity index is 1.29. The predicted octanol–water partition coefficient (Wildman–Crippen LogP) is 6.50. The number of hydrogen-bond acceptors (Lipinski definition) is 9. The summed E-state index contributed by atoms with van der Waals surface area (Å²) in [7, 11) is 0. The molecule has 44 heavy (non-hydrogen) atoms. The summed E-state index contributed by atoms with van der Waals surface area (Å²) in [6, 6.07) is 0. The van der Waals surface area contributed by atoms with Gasteiger partial charge < -0.3 is 14.6 Å². The van der Waals surface area contributed by atoms with Gasteiger partial charge in [0.15, 0.2) is 0 Å². The molecule has 0 bridgehead atoms. The maximum absolute atomic E-state index is 12.6. The first-order chi connectivity index (χ1) is 20.8. The van der Waals surface area contributed by atoms with Crippen molar-refractivity contribution in [3.05, 3.63) is 0 Å². The van der Waals surface area contributed by atoms with Crippen LogP contribution in [0.2, 0.25) is 0 Å². The standard InChI is InChI=1S/C34H52O10/c1-20(9-12-29(37)38)24-10-11-25-30-26(18-28(32(24,25)5)40-22(3)36)31(4)15-16-34(19-23(31)17-27(30)39-21(2)35)43-41-33(42-44-34)13-7-6-8-14-33/h20,23-28,30H,6-19H2,1-5H3,(H,37,38)/t20-,23-,24-,25+,26+,27-,28+,30+,31+,32-/m1/s1. The summed E-state index contributed by atoms with van der Waals surface area (Å²) in [5, 5.41) is 9.39. The zero-order valence-corrected chi connectivity index (χ0v) is 27.1. The third-order valence-electron chi connectivity index (χ3n) is 13.2. The lowest BCUT2D eigenvalue weighted by Gasteiger charge is -2.65. The van der Waals surface area contributed by atoms with E-state index in [9.17, 15) is 19.5 Å². The number of carboxylic acids is 1. The fourth-order valence-electron chi connectivity index (χ4n) is 11.0. The molecule has 0 radical (unpaired) electrons. The lowest BCUT2D eigenvalue weighted by molar-refractivity contribution is -0.665. The number of ether oxygens (including phenoxy) is 2. The first-order valence-electron chi connectivity index (χ1n) is 17.1. The van der Waals surface area contributed by atoms with Crippen LogP contribution in [0.25, 0.3) is 0 Å². The highest BCUT2D eigenvalue weighted by atomic mass is 17.4. The molecule has 248 valence electrons. The Hall–Kier alpha value is -1.75. The minimum Gasteiger partial charge on any atom is -0.481 e. The molecular formula is C34H52O10. The predicted molar refractivity (Wildman–Crippen MR) is 156 cm³/mol. The van der Waals surface area contributed by atoms with E-state index in [2.05, 4.69) is 20.8 Å². The van der Waals surface area contributed by atoms with Crippen molar-refractivity contribution in [2.24, 2.45) is 46.3 Å². The molecule has 1 N–H and O–H groups in total. The first-order valence-corrected chi connectivity index (χ1v) is 17.1. The van der Waals surface area contributed by atoms with Crippen molar-refractivity contribution >= 4 is 17.9 Å². The number of aliphatic carboxylic acids is 1. The molecule has 10 heteroatoms. The molecule has 0 unspecified atom stereocenters. The van der Waals surface area contributed by atoms with Crippen LogP contribution < -0.4 is 0 Å². The fourth-order valence-corrected chi connectivity index (χ4v) is 11.0. The van der Waals surface area contributed by atoms with E-state index < -0.39 is 17.5 Å². The van der Waals surface area contributed by atoms with Gasteiger partial charge in [-0.05, 0) is 86.4 Å². The third-order valence-corrected chi connectivity index (χ3v) is 13.2. The van der Waals surface area contributed by atoms with Crippen LogP contribution in [0.1, 0.15) is 125 Å². The number of fused-ring (bicyclic) bond motifs is 5. The van der Waals surface area contributed by atoms with Crippen molar-refractivity contribution in [2.75, 3.05) is 0 Å². The molecule has 6 fully saturated rings. The molecule has 1 saturated heterocycles. The lowest BCUT2D eigenvalue weighted by Crippen LogP contribution is -2.65. The van der Waals surface area contributed by atoms with E-state index in [-0.39, 0.29) is 76.9 Å². The van der Waals surface area contributed by atoms with E-state index in [1.807, 2.05) is 0 Å². The van der Waals surface area contributed by atoms with Crippen LogP contribution in [0, 0.1) is 46.3 Å². The Morgan fingerprint density at radius 1 is 0.841 bits per heavy atom. The second-order valence-corrected chi connectivity index (χ2v) is 15.6. The van der Waals surface area contributed by atoms with Crippen molar-refractivity contribution < 1.29 is 48.5 Å². The van der Waals surface area contributed by atoms with Gasteiger partial charge in [-0.2, -0.15) is 19.6 Å². The van der Waals surface area contributed by atoms with Gasteiger partial charge in [-0.25, -0.2) is 0 Å². The molecule has 6 aliphatic rings. The van der Waals surface area contributed by atoms with Crippen molar-refractivity contribution in [1.29, 1.82) is 0 Å². The van der Waals surface area contributed by atoms with Gasteiger partial charge in [-0.3, -0.25) is 14.4 Å². The highest BCUT2D eigenvalue weighted by Gasteiger charge is 2.69. The van der Waals surface area contributed by atoms with Crippen LogP contribution in [-0.2, 0) is 43.4 Å². The summed E-state index contributed by atoms with van der Waals surface area (Å²) in [5.74, 6) is -2.24. The Kier molecular flexibility index (Phi) is 8.64. The van der Waals surface area contributed by atoms with Crippen LogP contribution >= 0.6 is 0 Å². The normalized spacial score (nSPS) is 42.9. The molecule has 5 saturated carbocycles. The van der Waals surface area contributed by atoms with Crippen LogP contribution in [0.3, 0.4) is 0 Å². The minimum absolute atomic E-state index is 0.114. The first kappa shape index (κ1) is 32.2. The number of carbonyl (C=O) groups excluding carboxylic acids is 2. The van der Waals surface area contributed by atoms with Crippen molar-refractivity contribution in [2.45, 2.75) is 148 Å². The van der Waals surface area contributed by atoms with Crippen LogP contribution in [0.4, 0.5) is 0 Å². The Labute approximate surface area is 261 Å². The van der Waals surface area contributed by atoms with Crippen LogP contribution in [0.15, 0.2) is 0 Å². The largest absolute Gasteiger partial charge is 0.481 e. The molecule has 0 aromatic rings. The molecule has 2 spiro atoms. The molecule has 1 aliphatic heterocycles. The van der Waals surface area contributed by atoms with E-state index in [0.717, 1.165) is 51.4 Å². The SMILES string of the molecule is CC(=O)O[C@H]1C[C@H]2[C@@H]([C@H](OC(C)=O)C[C@@H]3CC4(CC[C@@]32C)OOC2(CCCCC2)OO4)[C@@H]2CC[C@H]([C@H](C)CCC(=O)O)[C@@]12C. The summed E-state index contributed by atoms with van der Waals surface area (Å²) >= 11 is 0. The van der Waals surface area contributed by atoms with Crippen LogP contribution in [0.5, 0.6) is 0 Å². The summed E-state index contributed by atoms with van der Waals surface area (Å²) in [6.07, 6.45) is 10.1. The van der Waals surface area contributed by atoms with Crippen molar-refractivity contribution in [3.63, 3.8) is 0 Å². The molecule has 10 nitrogen and oxygen atoms in total. The zero-order chi connectivity index (χ0) is 31.5. The Morgan fingerprint density at radius 2 is 1.50 bits per heavy atom. The van der Waals surface area contributed by atoms with Gasteiger partial charge in [0.05, 0.1) is 0 Å². The van der Waals surface area contributed by atoms with Gasteiger partial charge in [0, 0.05) is 57.3 Å². The summed E-state index contributed by atoms with van der Waals surface area (Å²) in [5.41, 5.74) is -0.459. The quantitative estimate of drug-likeness (QED) is 0.260. The van der Waals surface area contributed by atoms with Gasteiger partial charge >= 0.3 is 17.9 Å². The number of esters is 2. The van der Waals surface area contributed by atoms with Crippen LogP contribution in [-0.4, -0.2) is 46.8 Å². The second kappa shape index (κ2) is 11.8. The van der Waals surface area contributed by atoms with Gasteiger partial charge in [0.25, 0.3) is 0 Å². The average molecular weight is 621 g/mol. The van der Waals surface area contributed by atoms with Gasteiger partial charge in [-0.1, -0.05) is 27.2 Å². The monoisotopic (exact) mass is 620 g/mol. The van der Waals surface area contributed by atoms with Crippen molar-refractivity contribution in [1.82, 2.24) is 0 Å². The molecule has 0 aromatic heterocycles. The van der Waals surface area contributed by atoms with E-state index >= 15 is 0 Å². The van der Waals surface area contributed by atoms with E-state index in [4.69, 9.17) is 29.0 Å². The number of carboxylic acid groups (broad SMARTS) is 1. The van der Waals surface area contributed by atoms with Gasteiger partial charge in [0.1, 0.15) is 12.2 Å². The topological polar surface area (TPSA) is 127 Å². The summed E-state index contributed by atoms with van der Waals surface area (Å²) < 4.78 is 12.4. The van der Waals surface area contributed by atoms with E-state index in [0.29, 0.717) is 32.1 Å². The number of hydrogen-bond donors (Lipinski definition) is 1. The molecule has 0 aromatic carbocycles. The minimum atomic E-state index is -1.00. The molecular weight excluding hydrogens is 568 g/mol. The maximum atomic E-state index is 12.6. The fraction of sp³-hybridized carbons (Fsp3) is 0.912. The van der Waals surface area contributed by atoms with E-state index in [1.165, 1.54) is 13.8 Å². The lowest BCUT2D eigenvalue weighted by atomic mass is 9.42. The molecule has 5 aliphatic carbocycles. The molecule has 6 rings (SSSR count). The average Bonchev–Trinajstić information content (AvgIpc) is 3.33. The van der Waals surface area contributed by atoms with E-state index in [1.54, 1.807) is 0 Å². The highest BCUT2D eigenvalue weighted by Crippen LogP contribution is 2.70. The number of carbonyl (C=O) groups is 3. The Morgan fingerprint density at radius 3 is 2.14 bits per heavy atom. The third kappa shape index (κ3) is 5.49. The van der Waals surface area contributed by atoms with Gasteiger partial charge in [-0.15, -0.1) is 0 Å². The number of rotatable bonds is 6. The Bertz CT molecular complexity index is 1110. The maximum Gasteiger partial charge on any atom is 0.303 e. The second-order valence-electron chi connectivity index (χ2n) is 15.6. The smallest absolute Gasteiger partial charge is 0.303 e. The summed E-state index contributed by atoms with van der Waals surface area (Å²) in [6.45, 7) is 9.72. The summed E-state index contributed by atoms with van der Waals surface area (Å²) in [4.78, 5) is 60.8. The van der Waals surface area contributed by atoms with Crippen molar-refractivity contribution in [3.8, 4) is 0 Å². The van der Waals surface area contributed by atoms with Gasteiger partial charge in [0.2, 0.25) is 11.6 Å².